The summed E-state index contributed by atoms with van der Waals surface area (Å²) in [5, 5.41) is 10.2. The number of aromatic hydroxyl groups is 1. The Hall–Kier alpha value is -2.21. The van der Waals surface area contributed by atoms with E-state index in [-0.39, 0.29) is 11.9 Å². The Labute approximate surface area is 174 Å². The van der Waals surface area contributed by atoms with E-state index in [9.17, 15) is 5.11 Å². The molecule has 1 aromatic heterocycles. The van der Waals surface area contributed by atoms with E-state index in [1.165, 1.54) is 0 Å². The van der Waals surface area contributed by atoms with Crippen molar-refractivity contribution in [3.8, 4) is 5.75 Å². The molecule has 0 spiro atoms. The Morgan fingerprint density at radius 2 is 2.25 bits per heavy atom. The molecule has 0 amide bonds. The zero-order valence-electron chi connectivity index (χ0n) is 15.9. The van der Waals surface area contributed by atoms with Crippen LogP contribution in [0.2, 0.25) is 0 Å². The Morgan fingerprint density at radius 1 is 1.39 bits per heavy atom. The summed E-state index contributed by atoms with van der Waals surface area (Å²) in [5.74, 6) is 0.239. The number of hydrogen-bond donors (Lipinski definition) is 1. The van der Waals surface area contributed by atoms with E-state index in [4.69, 9.17) is 9.47 Å². The summed E-state index contributed by atoms with van der Waals surface area (Å²) in [6.07, 6.45) is 7.39. The van der Waals surface area contributed by atoms with Crippen LogP contribution in [0.4, 0.5) is 0 Å². The molecule has 0 saturated heterocycles. The summed E-state index contributed by atoms with van der Waals surface area (Å²) in [6.45, 7) is 5.21. The van der Waals surface area contributed by atoms with Crippen molar-refractivity contribution in [3.63, 3.8) is 0 Å². The number of benzene rings is 1. The zero-order chi connectivity index (χ0) is 19.9. The van der Waals surface area contributed by atoms with Gasteiger partial charge in [-0.05, 0) is 66.0 Å². The van der Waals surface area contributed by atoms with Crippen LogP contribution in [0.5, 0.6) is 5.75 Å². The molecular weight excluding hydrogens is 418 g/mol. The summed E-state index contributed by atoms with van der Waals surface area (Å²) in [5.41, 5.74) is 4.76. The van der Waals surface area contributed by atoms with Crippen molar-refractivity contribution in [1.29, 1.82) is 0 Å². The first kappa shape index (κ1) is 20.5. The molecule has 4 nitrogen and oxygen atoms in total. The fraction of sp³-hybridized carbons (Fsp3) is 0.261. The predicted octanol–water partition coefficient (Wildman–Crippen LogP) is 5.40. The highest BCUT2D eigenvalue weighted by Gasteiger charge is 2.22. The first-order valence-electron chi connectivity index (χ1n) is 9.17. The highest BCUT2D eigenvalue weighted by molar-refractivity contribution is 9.10. The average molecular weight is 442 g/mol. The number of ether oxygens (including phenoxy) is 2. The molecule has 2 heterocycles. The molecule has 0 radical (unpaired) electrons. The minimum Gasteiger partial charge on any atom is -0.507 e. The second kappa shape index (κ2) is 9.82. The predicted molar refractivity (Wildman–Crippen MR) is 116 cm³/mol. The molecule has 2 aromatic rings. The minimum atomic E-state index is -0.00845. The molecule has 3 rings (SSSR count). The number of nitrogens with zero attached hydrogens (tertiary/aromatic N) is 1. The molecule has 1 unspecified atom stereocenters. The van der Waals surface area contributed by atoms with Crippen molar-refractivity contribution < 1.29 is 14.6 Å². The van der Waals surface area contributed by atoms with Gasteiger partial charge in [-0.2, -0.15) is 0 Å². The molecular formula is C23H24BrNO3. The van der Waals surface area contributed by atoms with Gasteiger partial charge in [0.1, 0.15) is 5.75 Å². The van der Waals surface area contributed by atoms with E-state index in [1.807, 2.05) is 36.4 Å². The van der Waals surface area contributed by atoms with Gasteiger partial charge in [0.2, 0.25) is 0 Å². The molecule has 0 aliphatic carbocycles. The lowest BCUT2D eigenvalue weighted by molar-refractivity contribution is 0.116. The summed E-state index contributed by atoms with van der Waals surface area (Å²) in [4.78, 5) is 4.50. The maximum Gasteiger partial charge on any atom is 0.122 e. The Morgan fingerprint density at radius 3 is 3.00 bits per heavy atom. The van der Waals surface area contributed by atoms with Gasteiger partial charge in [0, 0.05) is 23.3 Å². The average Bonchev–Trinajstić information content (AvgIpc) is 3.17. The number of aromatic nitrogens is 1. The van der Waals surface area contributed by atoms with E-state index in [2.05, 4.69) is 33.6 Å². The van der Waals surface area contributed by atoms with Gasteiger partial charge in [-0.25, -0.2) is 0 Å². The number of phenolic OH excluding ortho intramolecular Hbond substituents is 1. The molecule has 0 bridgehead atoms. The molecule has 1 atom stereocenters. The van der Waals surface area contributed by atoms with Gasteiger partial charge in [-0.3, -0.25) is 4.98 Å². The molecule has 146 valence electrons. The lowest BCUT2D eigenvalue weighted by Crippen LogP contribution is -2.13. The van der Waals surface area contributed by atoms with Crippen molar-refractivity contribution in [3.05, 3.63) is 82.1 Å². The molecule has 1 aromatic carbocycles. The third-order valence-electron chi connectivity index (χ3n) is 4.66. The van der Waals surface area contributed by atoms with Gasteiger partial charge < -0.3 is 14.6 Å². The van der Waals surface area contributed by atoms with Gasteiger partial charge in [0.05, 0.1) is 25.0 Å². The van der Waals surface area contributed by atoms with Gasteiger partial charge in [0.25, 0.3) is 0 Å². The minimum absolute atomic E-state index is 0.00845. The lowest BCUT2D eigenvalue weighted by Gasteiger charge is -2.17. The third-order valence-corrected chi connectivity index (χ3v) is 5.16. The number of halogens is 1. The molecule has 1 aliphatic rings. The Balaban J connectivity index is 1.83. The number of methoxy groups -OCH3 is 1. The van der Waals surface area contributed by atoms with Crippen LogP contribution in [0, 0.1) is 0 Å². The van der Waals surface area contributed by atoms with Crippen LogP contribution < -0.4 is 0 Å². The first-order valence-corrected chi connectivity index (χ1v) is 9.97. The quantitative estimate of drug-likeness (QED) is 0.595. The van der Waals surface area contributed by atoms with Gasteiger partial charge in [-0.1, -0.05) is 34.7 Å². The van der Waals surface area contributed by atoms with E-state index < -0.39 is 0 Å². The van der Waals surface area contributed by atoms with Crippen molar-refractivity contribution in [2.45, 2.75) is 18.9 Å². The van der Waals surface area contributed by atoms with E-state index in [0.717, 1.165) is 45.3 Å². The Kier molecular flexibility index (Phi) is 7.20. The summed E-state index contributed by atoms with van der Waals surface area (Å²) < 4.78 is 12.0. The van der Waals surface area contributed by atoms with Gasteiger partial charge in [-0.15, -0.1) is 0 Å². The molecule has 1 N–H and O–H groups in total. The molecule has 5 heteroatoms. The first-order chi connectivity index (χ1) is 13.6. The van der Waals surface area contributed by atoms with Crippen LogP contribution in [-0.4, -0.2) is 36.5 Å². The third kappa shape index (κ3) is 5.19. The zero-order valence-corrected chi connectivity index (χ0v) is 17.5. The molecule has 0 saturated carbocycles. The Bertz CT molecular complexity index is 890. The summed E-state index contributed by atoms with van der Waals surface area (Å²) >= 11 is 3.47. The van der Waals surface area contributed by atoms with Crippen molar-refractivity contribution >= 4 is 27.6 Å². The van der Waals surface area contributed by atoms with Gasteiger partial charge >= 0.3 is 0 Å². The molecule has 28 heavy (non-hydrogen) atoms. The van der Waals surface area contributed by atoms with E-state index in [1.54, 1.807) is 19.4 Å². The molecule has 1 aliphatic heterocycles. The highest BCUT2D eigenvalue weighted by atomic mass is 79.9. The highest BCUT2D eigenvalue weighted by Crippen LogP contribution is 2.31. The second-order valence-electron chi connectivity index (χ2n) is 6.64. The van der Waals surface area contributed by atoms with Crippen LogP contribution in [0.1, 0.15) is 24.1 Å². The number of allylic oxidation sites excluding steroid dienone is 1. The standard InChI is InChI=1S/C23H24BrNO3/c1-16(15-27-2)20-10-12-28-23(20)9-6-17(21-5-3-4-11-25-21)13-18-14-19(24)7-8-22(18)26/h3-5,7-8,10-11,13-14,23,26H,1,6,9,12,15H2,2H3/b17-13-. The smallest absolute Gasteiger partial charge is 0.122 e. The summed E-state index contributed by atoms with van der Waals surface area (Å²) in [7, 11) is 1.67. The number of phenols is 1. The second-order valence-corrected chi connectivity index (χ2v) is 7.56. The van der Waals surface area contributed by atoms with Crippen LogP contribution in [-0.2, 0) is 9.47 Å². The fourth-order valence-electron chi connectivity index (χ4n) is 3.29. The van der Waals surface area contributed by atoms with Crippen molar-refractivity contribution in [1.82, 2.24) is 4.98 Å². The van der Waals surface area contributed by atoms with Crippen LogP contribution in [0.25, 0.3) is 11.6 Å². The lowest BCUT2D eigenvalue weighted by atomic mass is 9.95. The summed E-state index contributed by atoms with van der Waals surface area (Å²) in [6, 6.07) is 11.2. The topological polar surface area (TPSA) is 51.6 Å². The van der Waals surface area contributed by atoms with Crippen LogP contribution >= 0.6 is 15.9 Å². The normalized spacial score (nSPS) is 16.9. The van der Waals surface area contributed by atoms with Crippen LogP contribution in [0.3, 0.4) is 0 Å². The fourth-order valence-corrected chi connectivity index (χ4v) is 3.66. The monoisotopic (exact) mass is 441 g/mol. The SMILES string of the molecule is C=C(COC)C1=CCOC1CC/C(=C/c1cc(Br)ccc1O)c1ccccn1. The van der Waals surface area contributed by atoms with E-state index >= 15 is 0 Å². The van der Waals surface area contributed by atoms with Crippen molar-refractivity contribution in [2.24, 2.45) is 0 Å². The van der Waals surface area contributed by atoms with Crippen molar-refractivity contribution in [2.75, 3.05) is 20.3 Å². The largest absolute Gasteiger partial charge is 0.507 e. The molecule has 0 fully saturated rings. The number of pyridine rings is 1. The number of rotatable bonds is 8. The maximum absolute atomic E-state index is 10.2. The van der Waals surface area contributed by atoms with E-state index in [0.29, 0.717) is 13.2 Å². The number of hydrogen-bond acceptors (Lipinski definition) is 4. The van der Waals surface area contributed by atoms with Gasteiger partial charge in [0.15, 0.2) is 0 Å². The maximum atomic E-state index is 10.2. The van der Waals surface area contributed by atoms with Crippen LogP contribution in [0.15, 0.2) is 70.9 Å².